The molecule has 2 heterocycles. The lowest BCUT2D eigenvalue weighted by Gasteiger charge is -2.33. The Kier molecular flexibility index (Phi) is 4.46. The molecule has 0 aromatic heterocycles. The van der Waals surface area contributed by atoms with Gasteiger partial charge in [0.2, 0.25) is 0 Å². The number of likely N-dealkylation sites (tertiary alicyclic amines) is 1. The second-order valence-corrected chi connectivity index (χ2v) is 5.92. The van der Waals surface area contributed by atoms with Crippen LogP contribution in [0.2, 0.25) is 0 Å². The lowest BCUT2D eigenvalue weighted by molar-refractivity contribution is 0.125. The Bertz CT molecular complexity index is 527. The maximum absolute atomic E-state index is 9.32. The number of methoxy groups -OCH3 is 1. The van der Waals surface area contributed by atoms with E-state index >= 15 is 0 Å². The molecule has 0 spiro atoms. The number of fused-ring (bicyclic) bond motifs is 1. The smallest absolute Gasteiger partial charge is 0.127 e. The van der Waals surface area contributed by atoms with E-state index < -0.39 is 0 Å². The minimum absolute atomic E-state index is 0.298. The number of hydrogen-bond acceptors (Lipinski definition) is 4. The van der Waals surface area contributed by atoms with E-state index in [9.17, 15) is 5.11 Å². The summed E-state index contributed by atoms with van der Waals surface area (Å²) >= 11 is 0. The third-order valence-corrected chi connectivity index (χ3v) is 4.28. The molecule has 4 nitrogen and oxygen atoms in total. The maximum Gasteiger partial charge on any atom is 0.127 e. The molecule has 0 saturated carbocycles. The number of rotatable bonds is 4. The van der Waals surface area contributed by atoms with E-state index in [4.69, 9.17) is 9.47 Å². The van der Waals surface area contributed by atoms with Gasteiger partial charge in [-0.3, -0.25) is 4.90 Å². The highest BCUT2D eigenvalue weighted by atomic mass is 16.5. The number of ether oxygens (including phenoxy) is 2. The Hall–Kier alpha value is -1.52. The topological polar surface area (TPSA) is 41.9 Å². The minimum atomic E-state index is 0.298. The van der Waals surface area contributed by atoms with Crippen molar-refractivity contribution in [3.8, 4) is 11.5 Å². The Morgan fingerprint density at radius 2 is 2.33 bits per heavy atom. The Balaban J connectivity index is 1.70. The van der Waals surface area contributed by atoms with Gasteiger partial charge in [-0.15, -0.1) is 0 Å². The summed E-state index contributed by atoms with van der Waals surface area (Å²) in [6.45, 7) is 3.97. The van der Waals surface area contributed by atoms with Crippen molar-refractivity contribution in [3.63, 3.8) is 0 Å². The highest BCUT2D eigenvalue weighted by Gasteiger charge is 2.21. The number of hydrogen-bond donors (Lipinski definition) is 1. The average molecular weight is 289 g/mol. The summed E-state index contributed by atoms with van der Waals surface area (Å²) in [5.74, 6) is 2.20. The highest BCUT2D eigenvalue weighted by Crippen LogP contribution is 2.30. The molecule has 4 heteroatoms. The van der Waals surface area contributed by atoms with Crippen molar-refractivity contribution in [3.05, 3.63) is 29.3 Å². The third-order valence-electron chi connectivity index (χ3n) is 4.28. The van der Waals surface area contributed by atoms with Gasteiger partial charge in [0.1, 0.15) is 18.1 Å². The van der Waals surface area contributed by atoms with Gasteiger partial charge < -0.3 is 14.6 Å². The molecule has 0 radical (unpaired) electrons. The summed E-state index contributed by atoms with van der Waals surface area (Å²) in [5, 5.41) is 9.32. The third kappa shape index (κ3) is 3.39. The molecule has 1 atom stereocenters. The lowest BCUT2D eigenvalue weighted by Crippen LogP contribution is -2.38. The molecule has 1 aromatic carbocycles. The molecule has 1 N–H and O–H groups in total. The monoisotopic (exact) mass is 289 g/mol. The van der Waals surface area contributed by atoms with E-state index in [1.54, 1.807) is 7.11 Å². The van der Waals surface area contributed by atoms with Crippen LogP contribution in [-0.2, 0) is 0 Å². The second kappa shape index (κ2) is 6.50. The largest absolute Gasteiger partial charge is 0.497 e. The number of aliphatic hydroxyl groups is 1. The summed E-state index contributed by atoms with van der Waals surface area (Å²) in [6, 6.07) is 5.90. The Morgan fingerprint density at radius 1 is 1.43 bits per heavy atom. The maximum atomic E-state index is 9.32. The van der Waals surface area contributed by atoms with Gasteiger partial charge in [-0.2, -0.15) is 0 Å². The van der Waals surface area contributed by atoms with Gasteiger partial charge in [0.15, 0.2) is 0 Å². The van der Waals surface area contributed by atoms with E-state index in [-0.39, 0.29) is 0 Å². The standard InChI is InChI=1S/C17H23NO3/c1-20-16-4-5-17-15(8-16)7-14(12-21-17)10-18-6-2-3-13(9-18)11-19/h4-5,7-8,13,19H,2-3,6,9-12H2,1H3. The summed E-state index contributed by atoms with van der Waals surface area (Å²) in [6.07, 6.45) is 4.52. The van der Waals surface area contributed by atoms with Gasteiger partial charge in [-0.05, 0) is 55.2 Å². The van der Waals surface area contributed by atoms with Crippen molar-refractivity contribution in [2.24, 2.45) is 5.92 Å². The van der Waals surface area contributed by atoms with Crippen molar-refractivity contribution in [2.45, 2.75) is 12.8 Å². The molecule has 0 bridgehead atoms. The van der Waals surface area contributed by atoms with Crippen LogP contribution in [0.4, 0.5) is 0 Å². The molecule has 1 unspecified atom stereocenters. The van der Waals surface area contributed by atoms with E-state index in [0.29, 0.717) is 19.1 Å². The van der Waals surface area contributed by atoms with Crippen LogP contribution in [0.1, 0.15) is 18.4 Å². The molecule has 0 aliphatic carbocycles. The van der Waals surface area contributed by atoms with E-state index in [1.165, 1.54) is 12.0 Å². The molecule has 1 saturated heterocycles. The van der Waals surface area contributed by atoms with Crippen LogP contribution in [0.15, 0.2) is 23.8 Å². The Morgan fingerprint density at radius 3 is 3.14 bits per heavy atom. The minimum Gasteiger partial charge on any atom is -0.497 e. The van der Waals surface area contributed by atoms with Crippen molar-refractivity contribution in [2.75, 3.05) is 40.0 Å². The van der Waals surface area contributed by atoms with Crippen LogP contribution in [0, 0.1) is 5.92 Å². The number of nitrogens with zero attached hydrogens (tertiary/aromatic N) is 1. The van der Waals surface area contributed by atoms with Crippen molar-refractivity contribution in [1.29, 1.82) is 0 Å². The zero-order valence-electron chi connectivity index (χ0n) is 12.5. The summed E-state index contributed by atoms with van der Waals surface area (Å²) in [4.78, 5) is 2.42. The summed E-state index contributed by atoms with van der Waals surface area (Å²) in [5.41, 5.74) is 2.38. The molecule has 0 amide bonds. The van der Waals surface area contributed by atoms with Crippen LogP contribution in [0.3, 0.4) is 0 Å². The first kappa shape index (κ1) is 14.4. The number of benzene rings is 1. The zero-order valence-corrected chi connectivity index (χ0v) is 12.5. The molecule has 1 fully saturated rings. The fourth-order valence-electron chi connectivity index (χ4n) is 3.15. The molecule has 2 aliphatic heterocycles. The van der Waals surface area contributed by atoms with Crippen molar-refractivity contribution in [1.82, 2.24) is 4.90 Å². The normalized spacial score (nSPS) is 22.2. The number of aliphatic hydroxyl groups excluding tert-OH is 1. The fraction of sp³-hybridized carbons (Fsp3) is 0.529. The van der Waals surface area contributed by atoms with Crippen LogP contribution in [0.25, 0.3) is 6.08 Å². The van der Waals surface area contributed by atoms with Crippen LogP contribution < -0.4 is 9.47 Å². The van der Waals surface area contributed by atoms with E-state index in [2.05, 4.69) is 11.0 Å². The molecule has 114 valence electrons. The molecule has 2 aliphatic rings. The molecule has 3 rings (SSSR count). The van der Waals surface area contributed by atoms with Gasteiger partial charge >= 0.3 is 0 Å². The van der Waals surface area contributed by atoms with Gasteiger partial charge in [0.05, 0.1) is 7.11 Å². The van der Waals surface area contributed by atoms with Crippen molar-refractivity contribution < 1.29 is 14.6 Å². The van der Waals surface area contributed by atoms with Gasteiger partial charge in [0, 0.05) is 25.3 Å². The first-order chi connectivity index (χ1) is 10.3. The first-order valence-electron chi connectivity index (χ1n) is 7.62. The predicted octanol–water partition coefficient (Wildman–Crippen LogP) is 2.18. The highest BCUT2D eigenvalue weighted by molar-refractivity contribution is 5.64. The molecular formula is C17H23NO3. The summed E-state index contributed by atoms with van der Waals surface area (Å²) in [7, 11) is 1.68. The van der Waals surface area contributed by atoms with E-state index in [1.807, 2.05) is 18.2 Å². The van der Waals surface area contributed by atoms with Gasteiger partial charge in [-0.1, -0.05) is 0 Å². The first-order valence-corrected chi connectivity index (χ1v) is 7.62. The van der Waals surface area contributed by atoms with Crippen molar-refractivity contribution >= 4 is 6.08 Å². The Labute approximate surface area is 126 Å². The number of piperidine rings is 1. The van der Waals surface area contributed by atoms with Crippen LogP contribution in [0.5, 0.6) is 11.5 Å². The average Bonchev–Trinajstić information content (AvgIpc) is 2.54. The van der Waals surface area contributed by atoms with Gasteiger partial charge in [0.25, 0.3) is 0 Å². The SMILES string of the molecule is COc1ccc2c(c1)C=C(CN1CCCC(CO)C1)CO2. The lowest BCUT2D eigenvalue weighted by atomic mass is 9.98. The molecular weight excluding hydrogens is 266 g/mol. The van der Waals surface area contributed by atoms with Gasteiger partial charge in [-0.25, -0.2) is 0 Å². The second-order valence-electron chi connectivity index (χ2n) is 5.92. The fourth-order valence-corrected chi connectivity index (χ4v) is 3.15. The molecule has 21 heavy (non-hydrogen) atoms. The van der Waals surface area contributed by atoms with Crippen LogP contribution >= 0.6 is 0 Å². The zero-order chi connectivity index (χ0) is 14.7. The summed E-state index contributed by atoms with van der Waals surface area (Å²) < 4.78 is 11.1. The predicted molar refractivity (Wildman–Crippen MR) is 82.7 cm³/mol. The van der Waals surface area contributed by atoms with E-state index in [0.717, 1.165) is 43.1 Å². The molecule has 1 aromatic rings. The quantitative estimate of drug-likeness (QED) is 0.922. The van der Waals surface area contributed by atoms with Crippen LogP contribution in [-0.4, -0.2) is 50.0 Å².